The minimum absolute atomic E-state index is 0.00833. The van der Waals surface area contributed by atoms with Crippen molar-refractivity contribution in [2.24, 2.45) is 17.8 Å². The van der Waals surface area contributed by atoms with Gasteiger partial charge in [-0.05, 0) is 78.7 Å². The highest BCUT2D eigenvalue weighted by atomic mass is 32.1. The van der Waals surface area contributed by atoms with E-state index in [1.165, 1.54) is 19.3 Å². The molecule has 23 heavy (non-hydrogen) atoms. The molecule has 0 atom stereocenters. The molecule has 0 radical (unpaired) electrons. The number of carbonyl (C=O) groups excluding carboxylic acids is 2. The molecule has 0 unspecified atom stereocenters. The molecule has 1 aromatic heterocycles. The van der Waals surface area contributed by atoms with Gasteiger partial charge in [-0.15, -0.1) is 0 Å². The smallest absolute Gasteiger partial charge is 0.310 e. The molecule has 1 aromatic rings. The molecule has 4 saturated carbocycles. The molecular weight excluding hydrogens is 310 g/mol. The van der Waals surface area contributed by atoms with Gasteiger partial charge in [0.2, 0.25) is 0 Å². The Morgan fingerprint density at radius 3 is 2.39 bits per heavy atom. The Hall–Kier alpha value is -1.36. The van der Waals surface area contributed by atoms with Gasteiger partial charge in [0.15, 0.2) is 6.61 Å². The monoisotopic (exact) mass is 333 g/mol. The van der Waals surface area contributed by atoms with Crippen LogP contribution < -0.4 is 5.32 Å². The van der Waals surface area contributed by atoms with Gasteiger partial charge in [0.25, 0.3) is 5.91 Å². The normalized spacial score (nSPS) is 34.3. The Labute approximate surface area is 140 Å². The molecule has 4 bridgehead atoms. The van der Waals surface area contributed by atoms with Crippen molar-refractivity contribution in [1.82, 2.24) is 5.32 Å². The fraction of sp³-hybridized carbons (Fsp3) is 0.667. The molecule has 0 spiro atoms. The van der Waals surface area contributed by atoms with Crippen LogP contribution in [0.25, 0.3) is 0 Å². The summed E-state index contributed by atoms with van der Waals surface area (Å²) in [4.78, 5) is 24.0. The molecule has 4 aliphatic rings. The van der Waals surface area contributed by atoms with Crippen LogP contribution in [-0.4, -0.2) is 24.0 Å². The van der Waals surface area contributed by atoms with Crippen molar-refractivity contribution >= 4 is 23.2 Å². The summed E-state index contributed by atoms with van der Waals surface area (Å²) in [6.45, 7) is -0.148. The van der Waals surface area contributed by atoms with Crippen molar-refractivity contribution < 1.29 is 14.3 Å². The summed E-state index contributed by atoms with van der Waals surface area (Å²) < 4.78 is 5.14. The summed E-state index contributed by atoms with van der Waals surface area (Å²) in [5.74, 6) is 1.92. The molecular formula is C18H23NO3S. The van der Waals surface area contributed by atoms with Crippen LogP contribution in [0.15, 0.2) is 16.8 Å². The van der Waals surface area contributed by atoms with Gasteiger partial charge in [0.1, 0.15) is 0 Å². The first kappa shape index (κ1) is 15.2. The molecule has 124 valence electrons. The first-order valence-corrected chi connectivity index (χ1v) is 9.52. The van der Waals surface area contributed by atoms with Crippen molar-refractivity contribution in [3.63, 3.8) is 0 Å². The van der Waals surface area contributed by atoms with Gasteiger partial charge in [-0.2, -0.15) is 11.3 Å². The zero-order chi connectivity index (χ0) is 15.9. The third-order valence-electron chi connectivity index (χ3n) is 5.74. The molecule has 4 nitrogen and oxygen atoms in total. The maximum absolute atomic E-state index is 12.2. The lowest BCUT2D eigenvalue weighted by Gasteiger charge is -2.56. The lowest BCUT2D eigenvalue weighted by atomic mass is 9.53. The third kappa shape index (κ3) is 3.30. The molecule has 1 heterocycles. The lowest BCUT2D eigenvalue weighted by molar-refractivity contribution is -0.149. The highest BCUT2D eigenvalue weighted by molar-refractivity contribution is 7.07. The number of hydrogen-bond donors (Lipinski definition) is 1. The second-order valence-corrected chi connectivity index (χ2v) is 8.50. The van der Waals surface area contributed by atoms with Gasteiger partial charge in [-0.3, -0.25) is 9.59 Å². The van der Waals surface area contributed by atoms with Gasteiger partial charge in [0.05, 0.1) is 6.42 Å². The SMILES string of the molecule is O=C(COC(=O)Cc1ccsc1)NC12CC3CC(CC(C3)C1)C2. The van der Waals surface area contributed by atoms with E-state index in [0.717, 1.165) is 42.6 Å². The largest absolute Gasteiger partial charge is 0.455 e. The first-order valence-electron chi connectivity index (χ1n) is 8.58. The van der Waals surface area contributed by atoms with E-state index in [9.17, 15) is 9.59 Å². The Morgan fingerprint density at radius 1 is 1.17 bits per heavy atom. The maximum Gasteiger partial charge on any atom is 0.310 e. The number of rotatable bonds is 5. The quantitative estimate of drug-likeness (QED) is 0.843. The first-order chi connectivity index (χ1) is 11.1. The minimum Gasteiger partial charge on any atom is -0.455 e. The fourth-order valence-electron chi connectivity index (χ4n) is 5.35. The number of esters is 1. The van der Waals surface area contributed by atoms with Crippen molar-refractivity contribution in [3.8, 4) is 0 Å². The average molecular weight is 333 g/mol. The van der Waals surface area contributed by atoms with Gasteiger partial charge in [-0.1, -0.05) is 0 Å². The minimum atomic E-state index is -0.330. The molecule has 4 aliphatic carbocycles. The Balaban J connectivity index is 1.28. The summed E-state index contributed by atoms with van der Waals surface area (Å²) in [5.41, 5.74) is 0.937. The van der Waals surface area contributed by atoms with Gasteiger partial charge in [-0.25, -0.2) is 0 Å². The Morgan fingerprint density at radius 2 is 1.83 bits per heavy atom. The Kier molecular flexibility index (Phi) is 3.92. The number of hydrogen-bond acceptors (Lipinski definition) is 4. The van der Waals surface area contributed by atoms with Crippen LogP contribution in [0.5, 0.6) is 0 Å². The standard InChI is InChI=1S/C18H23NO3S/c20-16(10-22-17(21)6-12-1-2-23-11-12)19-18-7-13-3-14(8-18)5-15(4-13)9-18/h1-2,11,13-15H,3-10H2,(H,19,20). The van der Waals surface area contributed by atoms with Crippen molar-refractivity contribution in [3.05, 3.63) is 22.4 Å². The second kappa shape index (κ2) is 5.93. The van der Waals surface area contributed by atoms with Crippen LogP contribution in [0.2, 0.25) is 0 Å². The summed E-state index contributed by atoms with van der Waals surface area (Å²) >= 11 is 1.56. The topological polar surface area (TPSA) is 55.4 Å². The second-order valence-electron chi connectivity index (χ2n) is 7.72. The summed E-state index contributed by atoms with van der Waals surface area (Å²) in [6, 6.07) is 1.90. The summed E-state index contributed by atoms with van der Waals surface area (Å²) in [5, 5.41) is 7.08. The van der Waals surface area contributed by atoms with E-state index >= 15 is 0 Å². The van der Waals surface area contributed by atoms with Gasteiger partial charge < -0.3 is 10.1 Å². The highest BCUT2D eigenvalue weighted by Crippen LogP contribution is 2.55. The molecule has 1 N–H and O–H groups in total. The predicted octanol–water partition coefficient (Wildman–Crippen LogP) is 2.92. The van der Waals surface area contributed by atoms with E-state index in [1.807, 2.05) is 16.8 Å². The number of thiophene rings is 1. The van der Waals surface area contributed by atoms with E-state index in [2.05, 4.69) is 5.32 Å². The van der Waals surface area contributed by atoms with E-state index < -0.39 is 0 Å². The third-order valence-corrected chi connectivity index (χ3v) is 6.47. The van der Waals surface area contributed by atoms with Crippen LogP contribution in [0.3, 0.4) is 0 Å². The molecule has 0 aliphatic heterocycles. The predicted molar refractivity (Wildman–Crippen MR) is 88.0 cm³/mol. The fourth-order valence-corrected chi connectivity index (χ4v) is 6.02. The van der Waals surface area contributed by atoms with E-state index in [4.69, 9.17) is 4.74 Å². The molecule has 4 fully saturated rings. The van der Waals surface area contributed by atoms with Crippen LogP contribution in [0.1, 0.15) is 44.1 Å². The number of carbonyl (C=O) groups is 2. The molecule has 5 heteroatoms. The van der Waals surface area contributed by atoms with Crippen LogP contribution in [-0.2, 0) is 20.7 Å². The van der Waals surface area contributed by atoms with Gasteiger partial charge >= 0.3 is 5.97 Å². The van der Waals surface area contributed by atoms with Crippen molar-refractivity contribution in [2.45, 2.75) is 50.5 Å². The Bertz CT molecular complexity index is 560. The van der Waals surface area contributed by atoms with Crippen LogP contribution in [0, 0.1) is 17.8 Å². The number of ether oxygens (including phenoxy) is 1. The highest BCUT2D eigenvalue weighted by Gasteiger charge is 2.51. The maximum atomic E-state index is 12.2. The van der Waals surface area contributed by atoms with E-state index in [1.54, 1.807) is 11.3 Å². The number of amides is 1. The van der Waals surface area contributed by atoms with Crippen LogP contribution >= 0.6 is 11.3 Å². The average Bonchev–Trinajstić information content (AvgIpc) is 2.96. The van der Waals surface area contributed by atoms with Gasteiger partial charge in [0, 0.05) is 5.54 Å². The van der Waals surface area contributed by atoms with E-state index in [-0.39, 0.29) is 30.4 Å². The number of nitrogens with one attached hydrogen (secondary N) is 1. The molecule has 0 saturated heterocycles. The summed E-state index contributed by atoms with van der Waals surface area (Å²) in [6.07, 6.45) is 7.66. The lowest BCUT2D eigenvalue weighted by Crippen LogP contribution is -2.60. The summed E-state index contributed by atoms with van der Waals surface area (Å²) in [7, 11) is 0. The zero-order valence-electron chi connectivity index (χ0n) is 13.3. The van der Waals surface area contributed by atoms with E-state index in [0.29, 0.717) is 0 Å². The molecule has 1 amide bonds. The zero-order valence-corrected chi connectivity index (χ0v) is 14.1. The van der Waals surface area contributed by atoms with Crippen LogP contribution in [0.4, 0.5) is 0 Å². The van der Waals surface area contributed by atoms with Crippen molar-refractivity contribution in [2.75, 3.05) is 6.61 Å². The molecule has 5 rings (SSSR count). The van der Waals surface area contributed by atoms with Crippen molar-refractivity contribution in [1.29, 1.82) is 0 Å². The molecule has 0 aromatic carbocycles.